The third-order valence-electron chi connectivity index (χ3n) is 1.69. The lowest BCUT2D eigenvalue weighted by atomic mass is 10.1. The van der Waals surface area contributed by atoms with Crippen LogP contribution in [-0.2, 0) is 4.74 Å². The molecule has 0 N–H and O–H groups in total. The monoisotopic (exact) mass is 260 g/mol. The molecule has 0 aliphatic rings. The summed E-state index contributed by atoms with van der Waals surface area (Å²) in [5.41, 5.74) is 0.0628. The zero-order valence-corrected chi connectivity index (χ0v) is 9.30. The van der Waals surface area contributed by atoms with Crippen LogP contribution in [0.2, 0.25) is 0 Å². The van der Waals surface area contributed by atoms with Gasteiger partial charge in [0.1, 0.15) is 12.4 Å². The van der Waals surface area contributed by atoms with Crippen molar-refractivity contribution in [3.8, 4) is 0 Å². The Morgan fingerprint density at radius 1 is 1.57 bits per heavy atom. The number of Topliss-reactive ketones (excluding diaryl/α,β-unsaturated/α-hetero) is 1. The van der Waals surface area contributed by atoms with E-state index >= 15 is 0 Å². The number of hydrogen-bond donors (Lipinski definition) is 0. The summed E-state index contributed by atoms with van der Waals surface area (Å²) in [5.74, 6) is -0.872. The number of benzene rings is 1. The van der Waals surface area contributed by atoms with Crippen LogP contribution in [-0.4, -0.2) is 19.0 Å². The zero-order chi connectivity index (χ0) is 10.6. The summed E-state index contributed by atoms with van der Waals surface area (Å²) in [6.45, 7) is 2.15. The third kappa shape index (κ3) is 2.62. The number of carbonyl (C=O) groups is 1. The summed E-state index contributed by atoms with van der Waals surface area (Å²) >= 11 is 3.01. The van der Waals surface area contributed by atoms with E-state index in [2.05, 4.69) is 15.9 Å². The maximum atomic E-state index is 13.4. The Kier molecular flexibility index (Phi) is 4.22. The molecule has 4 heteroatoms. The zero-order valence-electron chi connectivity index (χ0n) is 7.72. The van der Waals surface area contributed by atoms with E-state index in [1.54, 1.807) is 19.1 Å². The molecular formula is C10H10BrFO2. The van der Waals surface area contributed by atoms with Crippen LogP contribution in [0.1, 0.15) is 17.3 Å². The van der Waals surface area contributed by atoms with Gasteiger partial charge in [-0.15, -0.1) is 0 Å². The van der Waals surface area contributed by atoms with E-state index in [1.807, 2.05) is 0 Å². The molecule has 0 saturated carbocycles. The van der Waals surface area contributed by atoms with Gasteiger partial charge in [-0.2, -0.15) is 0 Å². The van der Waals surface area contributed by atoms with Crippen molar-refractivity contribution >= 4 is 21.7 Å². The molecule has 0 spiro atoms. The van der Waals surface area contributed by atoms with Crippen LogP contribution in [0.15, 0.2) is 22.7 Å². The number of hydrogen-bond acceptors (Lipinski definition) is 2. The summed E-state index contributed by atoms with van der Waals surface area (Å²) in [5, 5.41) is 0. The van der Waals surface area contributed by atoms with Gasteiger partial charge >= 0.3 is 0 Å². The molecule has 0 fully saturated rings. The van der Waals surface area contributed by atoms with E-state index in [4.69, 9.17) is 4.74 Å². The van der Waals surface area contributed by atoms with E-state index in [0.29, 0.717) is 11.1 Å². The van der Waals surface area contributed by atoms with Gasteiger partial charge < -0.3 is 4.74 Å². The Morgan fingerprint density at radius 2 is 2.29 bits per heavy atom. The second-order valence-electron chi connectivity index (χ2n) is 2.66. The van der Waals surface area contributed by atoms with E-state index in [9.17, 15) is 9.18 Å². The second kappa shape index (κ2) is 5.22. The molecule has 0 unspecified atom stereocenters. The first-order valence-electron chi connectivity index (χ1n) is 4.21. The minimum Gasteiger partial charge on any atom is -0.374 e. The van der Waals surface area contributed by atoms with Crippen molar-refractivity contribution in [1.29, 1.82) is 0 Å². The molecule has 76 valence electrons. The second-order valence-corrected chi connectivity index (χ2v) is 3.52. The molecule has 0 aliphatic heterocycles. The summed E-state index contributed by atoms with van der Waals surface area (Å²) in [7, 11) is 0. The average molecular weight is 261 g/mol. The van der Waals surface area contributed by atoms with Crippen LogP contribution < -0.4 is 0 Å². The lowest BCUT2D eigenvalue weighted by Gasteiger charge is -2.03. The van der Waals surface area contributed by atoms with Crippen molar-refractivity contribution in [2.45, 2.75) is 6.92 Å². The molecule has 1 aromatic rings. The van der Waals surface area contributed by atoms with E-state index in [0.717, 1.165) is 0 Å². The van der Waals surface area contributed by atoms with Crippen molar-refractivity contribution in [2.75, 3.05) is 13.2 Å². The predicted molar refractivity (Wildman–Crippen MR) is 54.9 cm³/mol. The molecular weight excluding hydrogens is 251 g/mol. The minimum absolute atomic E-state index is 0.0628. The van der Waals surface area contributed by atoms with Crippen LogP contribution in [0, 0.1) is 5.82 Å². The first kappa shape index (κ1) is 11.3. The van der Waals surface area contributed by atoms with Crippen molar-refractivity contribution in [2.24, 2.45) is 0 Å². The maximum Gasteiger partial charge on any atom is 0.191 e. The molecule has 2 nitrogen and oxygen atoms in total. The van der Waals surface area contributed by atoms with Gasteiger partial charge in [0.05, 0.1) is 10.0 Å². The molecule has 14 heavy (non-hydrogen) atoms. The van der Waals surface area contributed by atoms with Crippen molar-refractivity contribution < 1.29 is 13.9 Å². The maximum absolute atomic E-state index is 13.4. The molecule has 0 saturated heterocycles. The van der Waals surface area contributed by atoms with Crippen molar-refractivity contribution in [1.82, 2.24) is 0 Å². The first-order chi connectivity index (χ1) is 6.66. The lowest BCUT2D eigenvalue weighted by molar-refractivity contribution is 0.0779. The Morgan fingerprint density at radius 3 is 2.93 bits per heavy atom. The van der Waals surface area contributed by atoms with Gasteiger partial charge in [-0.05, 0) is 35.0 Å². The van der Waals surface area contributed by atoms with E-state index < -0.39 is 5.82 Å². The Labute approximate surface area is 90.2 Å². The van der Waals surface area contributed by atoms with Gasteiger partial charge in [0, 0.05) is 6.61 Å². The Hall–Kier alpha value is -0.740. The minimum atomic E-state index is -0.530. The molecule has 0 heterocycles. The predicted octanol–water partition coefficient (Wildman–Crippen LogP) is 2.81. The Balaban J connectivity index is 2.84. The van der Waals surface area contributed by atoms with Gasteiger partial charge in [-0.1, -0.05) is 6.07 Å². The highest BCUT2D eigenvalue weighted by Gasteiger charge is 2.13. The van der Waals surface area contributed by atoms with Gasteiger partial charge in [0.2, 0.25) is 0 Å². The highest BCUT2D eigenvalue weighted by molar-refractivity contribution is 9.10. The first-order valence-corrected chi connectivity index (χ1v) is 5.01. The number of halogens is 2. The van der Waals surface area contributed by atoms with Gasteiger partial charge in [-0.3, -0.25) is 4.79 Å². The molecule has 0 radical (unpaired) electrons. The molecule has 0 atom stereocenters. The standard InChI is InChI=1S/C10H10BrFO2/c1-2-14-6-9(13)7-4-3-5-8(11)10(7)12/h3-5H,2,6H2,1H3. The topological polar surface area (TPSA) is 26.3 Å². The summed E-state index contributed by atoms with van der Waals surface area (Å²) in [4.78, 5) is 11.4. The fourth-order valence-electron chi connectivity index (χ4n) is 0.992. The highest BCUT2D eigenvalue weighted by atomic mass is 79.9. The number of rotatable bonds is 4. The molecule has 0 amide bonds. The van der Waals surface area contributed by atoms with E-state index in [1.165, 1.54) is 6.07 Å². The van der Waals surface area contributed by atoms with Gasteiger partial charge in [0.15, 0.2) is 5.78 Å². The molecule has 0 bridgehead atoms. The fraction of sp³-hybridized carbons (Fsp3) is 0.300. The van der Waals surface area contributed by atoms with Gasteiger partial charge in [-0.25, -0.2) is 4.39 Å². The normalized spacial score (nSPS) is 10.2. The largest absolute Gasteiger partial charge is 0.374 e. The molecule has 0 aliphatic carbocycles. The van der Waals surface area contributed by atoms with Crippen LogP contribution in [0.25, 0.3) is 0 Å². The van der Waals surface area contributed by atoms with Crippen molar-refractivity contribution in [3.63, 3.8) is 0 Å². The molecule has 0 aromatic heterocycles. The number of ether oxygens (including phenoxy) is 1. The quantitative estimate of drug-likeness (QED) is 0.779. The summed E-state index contributed by atoms with van der Waals surface area (Å²) in [6.07, 6.45) is 0. The van der Waals surface area contributed by atoms with Crippen LogP contribution in [0.3, 0.4) is 0 Å². The smallest absolute Gasteiger partial charge is 0.191 e. The molecule has 1 aromatic carbocycles. The van der Waals surface area contributed by atoms with Crippen LogP contribution >= 0.6 is 15.9 Å². The SMILES string of the molecule is CCOCC(=O)c1cccc(Br)c1F. The van der Waals surface area contributed by atoms with Crippen LogP contribution in [0.4, 0.5) is 4.39 Å². The third-order valence-corrected chi connectivity index (χ3v) is 2.30. The molecule has 1 rings (SSSR count). The average Bonchev–Trinajstić information content (AvgIpc) is 2.18. The Bertz CT molecular complexity index is 339. The van der Waals surface area contributed by atoms with Crippen LogP contribution in [0.5, 0.6) is 0 Å². The fourth-order valence-corrected chi connectivity index (χ4v) is 1.36. The highest BCUT2D eigenvalue weighted by Crippen LogP contribution is 2.18. The number of ketones is 1. The summed E-state index contributed by atoms with van der Waals surface area (Å²) < 4.78 is 18.6. The van der Waals surface area contributed by atoms with Crippen molar-refractivity contribution in [3.05, 3.63) is 34.1 Å². The number of carbonyl (C=O) groups excluding carboxylic acids is 1. The van der Waals surface area contributed by atoms with Gasteiger partial charge in [0.25, 0.3) is 0 Å². The van der Waals surface area contributed by atoms with E-state index in [-0.39, 0.29) is 18.0 Å². The lowest BCUT2D eigenvalue weighted by Crippen LogP contribution is -2.10. The summed E-state index contributed by atoms with van der Waals surface area (Å²) in [6, 6.07) is 4.61.